The molecule has 0 heterocycles. The summed E-state index contributed by atoms with van der Waals surface area (Å²) in [6.07, 6.45) is 8.70. The Balaban J connectivity index is 1.78. The van der Waals surface area contributed by atoms with Gasteiger partial charge in [0.2, 0.25) is 0 Å². The van der Waals surface area contributed by atoms with Gasteiger partial charge in [-0.25, -0.2) is 8.78 Å². The van der Waals surface area contributed by atoms with Crippen molar-refractivity contribution in [3.63, 3.8) is 0 Å². The van der Waals surface area contributed by atoms with Crippen LogP contribution in [0, 0.1) is 11.6 Å². The molecule has 0 saturated carbocycles. The molecular weight excluding hydrogens is 270 g/mol. The van der Waals surface area contributed by atoms with Crippen LogP contribution < -0.4 is 5.32 Å². The maximum absolute atomic E-state index is 12.7. The van der Waals surface area contributed by atoms with Gasteiger partial charge in [0.15, 0.2) is 0 Å². The predicted octanol–water partition coefficient (Wildman–Crippen LogP) is 4.85. The molecule has 4 heteroatoms. The fourth-order valence-electron chi connectivity index (χ4n) is 1.52. The first kappa shape index (κ1) is 14.7. The molecule has 21 heavy (non-hydrogen) atoms. The van der Waals surface area contributed by atoms with Gasteiger partial charge in [-0.1, -0.05) is 6.08 Å². The average molecular weight is 284 g/mol. The van der Waals surface area contributed by atoms with E-state index in [1.54, 1.807) is 54.9 Å². The molecule has 2 aromatic carbocycles. The number of benzene rings is 2. The van der Waals surface area contributed by atoms with E-state index in [-0.39, 0.29) is 11.6 Å². The minimum atomic E-state index is -0.278. The largest absolute Gasteiger partial charge is 0.362 e. The topological polar surface area (TPSA) is 24.4 Å². The van der Waals surface area contributed by atoms with E-state index in [0.29, 0.717) is 5.69 Å². The van der Waals surface area contributed by atoms with Crippen molar-refractivity contribution >= 4 is 17.6 Å². The number of nitrogens with one attached hydrogen (secondary N) is 1. The molecule has 0 spiro atoms. The summed E-state index contributed by atoms with van der Waals surface area (Å²) in [5.74, 6) is -0.541. The maximum Gasteiger partial charge on any atom is 0.123 e. The smallest absolute Gasteiger partial charge is 0.123 e. The predicted molar refractivity (Wildman–Crippen MR) is 82.9 cm³/mol. The Hall–Kier alpha value is -2.75. The Morgan fingerprint density at radius 2 is 1.38 bits per heavy atom. The van der Waals surface area contributed by atoms with E-state index in [9.17, 15) is 8.78 Å². The van der Waals surface area contributed by atoms with Crippen LogP contribution in [-0.2, 0) is 0 Å². The molecule has 0 aliphatic heterocycles. The summed E-state index contributed by atoms with van der Waals surface area (Å²) in [6.45, 7) is 0. The molecule has 0 aliphatic carbocycles. The molecule has 0 aromatic heterocycles. The number of rotatable bonds is 5. The third kappa shape index (κ3) is 5.40. The van der Waals surface area contributed by atoms with Gasteiger partial charge in [-0.05, 0) is 60.7 Å². The first-order chi connectivity index (χ1) is 10.2. The molecule has 0 aliphatic rings. The summed E-state index contributed by atoms with van der Waals surface area (Å²) < 4.78 is 25.4. The number of halogens is 2. The first-order valence-corrected chi connectivity index (χ1v) is 6.37. The minimum absolute atomic E-state index is 0.263. The Bertz CT molecular complexity index is 641. The van der Waals surface area contributed by atoms with E-state index in [1.165, 1.54) is 24.3 Å². The highest BCUT2D eigenvalue weighted by Gasteiger charge is 1.89. The fraction of sp³-hybridized carbons (Fsp3) is 0. The van der Waals surface area contributed by atoms with Crippen molar-refractivity contribution in [3.05, 3.63) is 84.6 Å². The van der Waals surface area contributed by atoms with E-state index in [0.717, 1.165) is 5.69 Å². The zero-order chi connectivity index (χ0) is 14.9. The van der Waals surface area contributed by atoms with Crippen LogP contribution in [-0.4, -0.2) is 6.21 Å². The fourth-order valence-corrected chi connectivity index (χ4v) is 1.52. The molecule has 0 atom stereocenters. The molecule has 2 aromatic rings. The summed E-state index contributed by atoms with van der Waals surface area (Å²) in [5, 5.41) is 3.00. The highest BCUT2D eigenvalue weighted by molar-refractivity contribution is 5.74. The minimum Gasteiger partial charge on any atom is -0.362 e. The molecule has 0 unspecified atom stereocenters. The van der Waals surface area contributed by atoms with Gasteiger partial charge in [0.05, 0.1) is 5.69 Å². The lowest BCUT2D eigenvalue weighted by molar-refractivity contribution is 0.627. The average Bonchev–Trinajstić information content (AvgIpc) is 2.50. The van der Waals surface area contributed by atoms with Gasteiger partial charge in [0.1, 0.15) is 11.6 Å². The maximum atomic E-state index is 12.7. The van der Waals surface area contributed by atoms with Crippen LogP contribution in [0.4, 0.5) is 20.2 Å². The second kappa shape index (κ2) is 7.75. The van der Waals surface area contributed by atoms with E-state index in [1.807, 2.05) is 0 Å². The highest BCUT2D eigenvalue weighted by Crippen LogP contribution is 2.11. The number of allylic oxidation sites excluding steroid dienone is 3. The number of nitrogens with zero attached hydrogens (tertiary/aromatic N) is 1. The zero-order valence-corrected chi connectivity index (χ0v) is 11.2. The Morgan fingerprint density at radius 1 is 0.762 bits per heavy atom. The molecule has 0 amide bonds. The standard InChI is InChI=1S/C17H14F2N2/c18-14-4-8-16(9-5-14)20-12-2-1-3-13-21-17-10-6-15(19)7-11-17/h1-13,20H/b3-1+,12-2+,21-13?. The molecule has 0 radical (unpaired) electrons. The highest BCUT2D eigenvalue weighted by atomic mass is 19.1. The van der Waals surface area contributed by atoms with E-state index in [2.05, 4.69) is 10.3 Å². The Morgan fingerprint density at radius 3 is 2.05 bits per heavy atom. The molecule has 2 rings (SSSR count). The van der Waals surface area contributed by atoms with Crippen molar-refractivity contribution in [1.82, 2.24) is 0 Å². The number of hydrogen-bond donors (Lipinski definition) is 1. The van der Waals surface area contributed by atoms with Gasteiger partial charge in [0, 0.05) is 18.1 Å². The van der Waals surface area contributed by atoms with E-state index >= 15 is 0 Å². The Labute approximate surface area is 122 Å². The number of anilines is 1. The lowest BCUT2D eigenvalue weighted by Gasteiger charge is -1.98. The molecule has 1 N–H and O–H groups in total. The molecule has 0 saturated heterocycles. The van der Waals surface area contributed by atoms with Crippen LogP contribution >= 0.6 is 0 Å². The molecule has 106 valence electrons. The second-order valence-electron chi connectivity index (χ2n) is 4.15. The van der Waals surface area contributed by atoms with Gasteiger partial charge in [0.25, 0.3) is 0 Å². The van der Waals surface area contributed by atoms with Crippen molar-refractivity contribution in [1.29, 1.82) is 0 Å². The van der Waals surface area contributed by atoms with Crippen molar-refractivity contribution in [2.75, 3.05) is 5.32 Å². The van der Waals surface area contributed by atoms with Gasteiger partial charge >= 0.3 is 0 Å². The third-order valence-corrected chi connectivity index (χ3v) is 2.55. The zero-order valence-electron chi connectivity index (χ0n) is 11.2. The van der Waals surface area contributed by atoms with Crippen molar-refractivity contribution in [2.45, 2.75) is 0 Å². The number of hydrogen-bond acceptors (Lipinski definition) is 2. The van der Waals surface area contributed by atoms with Crippen LogP contribution in [0.1, 0.15) is 0 Å². The summed E-state index contributed by atoms with van der Waals surface area (Å²) in [5.41, 5.74) is 1.50. The van der Waals surface area contributed by atoms with Crippen molar-refractivity contribution in [3.8, 4) is 0 Å². The summed E-state index contributed by atoms with van der Waals surface area (Å²) in [6, 6.07) is 12.0. The van der Waals surface area contributed by atoms with Gasteiger partial charge in [-0.3, -0.25) is 4.99 Å². The molecule has 2 nitrogen and oxygen atoms in total. The summed E-state index contributed by atoms with van der Waals surface area (Å²) in [4.78, 5) is 4.14. The lowest BCUT2D eigenvalue weighted by atomic mass is 10.3. The third-order valence-electron chi connectivity index (χ3n) is 2.55. The van der Waals surface area contributed by atoms with Crippen LogP contribution in [0.25, 0.3) is 0 Å². The first-order valence-electron chi connectivity index (χ1n) is 6.37. The Kier molecular flexibility index (Phi) is 5.41. The SMILES string of the molecule is Fc1ccc(N=C/C=C/C=C/Nc2ccc(F)cc2)cc1. The normalized spacial score (nSPS) is 11.7. The van der Waals surface area contributed by atoms with Crippen LogP contribution in [0.2, 0.25) is 0 Å². The van der Waals surface area contributed by atoms with Crippen molar-refractivity contribution < 1.29 is 8.78 Å². The number of aliphatic imine (C=N–C) groups is 1. The van der Waals surface area contributed by atoms with Gasteiger partial charge in [-0.15, -0.1) is 0 Å². The summed E-state index contributed by atoms with van der Waals surface area (Å²) in [7, 11) is 0. The summed E-state index contributed by atoms with van der Waals surface area (Å²) >= 11 is 0. The molecular formula is C17H14F2N2. The van der Waals surface area contributed by atoms with Crippen LogP contribution in [0.5, 0.6) is 0 Å². The lowest BCUT2D eigenvalue weighted by Crippen LogP contribution is -1.86. The van der Waals surface area contributed by atoms with Crippen LogP contribution in [0.3, 0.4) is 0 Å². The van der Waals surface area contributed by atoms with Crippen molar-refractivity contribution in [2.24, 2.45) is 4.99 Å². The van der Waals surface area contributed by atoms with Gasteiger partial charge < -0.3 is 5.32 Å². The molecule has 0 bridgehead atoms. The second-order valence-corrected chi connectivity index (χ2v) is 4.15. The molecule has 0 fully saturated rings. The van der Waals surface area contributed by atoms with Gasteiger partial charge in [-0.2, -0.15) is 0 Å². The van der Waals surface area contributed by atoms with E-state index < -0.39 is 0 Å². The van der Waals surface area contributed by atoms with Crippen LogP contribution in [0.15, 0.2) is 78.0 Å². The van der Waals surface area contributed by atoms with E-state index in [4.69, 9.17) is 0 Å². The quantitative estimate of drug-likeness (QED) is 0.616. The monoisotopic (exact) mass is 284 g/mol.